The van der Waals surface area contributed by atoms with Crippen molar-refractivity contribution >= 4 is 17.1 Å². The first kappa shape index (κ1) is 20.5. The van der Waals surface area contributed by atoms with Gasteiger partial charge in [0.1, 0.15) is 11.9 Å². The molecule has 29 heavy (non-hydrogen) atoms. The maximum Gasteiger partial charge on any atom is 0.310 e. The third-order valence-corrected chi connectivity index (χ3v) is 4.77. The van der Waals surface area contributed by atoms with Crippen LogP contribution in [0.15, 0.2) is 73.1 Å². The Hall–Kier alpha value is -3.25. The van der Waals surface area contributed by atoms with E-state index in [0.717, 1.165) is 30.6 Å². The van der Waals surface area contributed by atoms with Gasteiger partial charge in [0, 0.05) is 18.4 Å². The molecule has 0 N–H and O–H groups in total. The largest absolute Gasteiger partial charge is 0.336 e. The smallest absolute Gasteiger partial charge is 0.310 e. The van der Waals surface area contributed by atoms with Gasteiger partial charge in [0.25, 0.3) is 0 Å². The van der Waals surface area contributed by atoms with Crippen LogP contribution < -0.4 is 4.90 Å². The van der Waals surface area contributed by atoms with Crippen LogP contribution in [0.4, 0.5) is 17.1 Å². The molecule has 6 heteroatoms. The molecule has 1 heterocycles. The summed E-state index contributed by atoms with van der Waals surface area (Å²) >= 11 is 0. The third kappa shape index (κ3) is 5.39. The van der Waals surface area contributed by atoms with E-state index >= 15 is 0 Å². The van der Waals surface area contributed by atoms with Gasteiger partial charge in [-0.3, -0.25) is 15.1 Å². The fraction of sp³-hybridized carbons (Fsp3) is 0.261. The molecule has 0 saturated heterocycles. The molecule has 0 saturated carbocycles. The Morgan fingerprint density at radius 3 is 2.38 bits per heavy atom. The highest BCUT2D eigenvalue weighted by molar-refractivity contribution is 5.73. The van der Waals surface area contributed by atoms with Gasteiger partial charge in [-0.2, -0.15) is 0 Å². The van der Waals surface area contributed by atoms with Gasteiger partial charge in [-0.25, -0.2) is 0 Å². The predicted octanol–water partition coefficient (Wildman–Crippen LogP) is 4.67. The first-order chi connectivity index (χ1) is 14.1. The van der Waals surface area contributed by atoms with E-state index in [9.17, 15) is 10.1 Å². The lowest BCUT2D eigenvalue weighted by atomic mass is 10.0. The summed E-state index contributed by atoms with van der Waals surface area (Å²) in [6.45, 7) is 1.57. The van der Waals surface area contributed by atoms with Gasteiger partial charge in [-0.15, -0.1) is 0 Å². The molecule has 3 aromatic rings. The number of para-hydroxylation sites is 1. The number of benzene rings is 2. The average Bonchev–Trinajstić information content (AvgIpc) is 2.72. The topological polar surface area (TPSA) is 62.5 Å². The van der Waals surface area contributed by atoms with Crippen LogP contribution in [0, 0.1) is 10.1 Å². The van der Waals surface area contributed by atoms with Crippen LogP contribution in [0.2, 0.25) is 0 Å². The van der Waals surface area contributed by atoms with E-state index in [0.29, 0.717) is 12.2 Å². The lowest BCUT2D eigenvalue weighted by Crippen LogP contribution is -2.24. The van der Waals surface area contributed by atoms with E-state index in [-0.39, 0.29) is 10.6 Å². The first-order valence-corrected chi connectivity index (χ1v) is 9.69. The predicted molar refractivity (Wildman–Crippen MR) is 117 cm³/mol. The SMILES string of the molecule is CN(C)CCCN(c1ccccc1Cc1ccccc1)c1ccncc1[N+](=O)[O-]. The number of rotatable bonds is 9. The van der Waals surface area contributed by atoms with E-state index in [1.807, 2.05) is 50.5 Å². The van der Waals surface area contributed by atoms with Crippen molar-refractivity contribution in [2.75, 3.05) is 32.1 Å². The number of hydrogen-bond donors (Lipinski definition) is 0. The zero-order chi connectivity index (χ0) is 20.6. The van der Waals surface area contributed by atoms with Crippen molar-refractivity contribution in [1.29, 1.82) is 0 Å². The van der Waals surface area contributed by atoms with E-state index in [4.69, 9.17) is 0 Å². The lowest BCUT2D eigenvalue weighted by Gasteiger charge is -2.27. The Kier molecular flexibility index (Phi) is 6.92. The number of hydrogen-bond acceptors (Lipinski definition) is 5. The van der Waals surface area contributed by atoms with Crippen molar-refractivity contribution in [1.82, 2.24) is 9.88 Å². The Labute approximate surface area is 171 Å². The molecule has 0 unspecified atom stereocenters. The highest BCUT2D eigenvalue weighted by atomic mass is 16.6. The van der Waals surface area contributed by atoms with Gasteiger partial charge in [0.2, 0.25) is 0 Å². The second-order valence-corrected chi connectivity index (χ2v) is 7.22. The molecule has 150 valence electrons. The summed E-state index contributed by atoms with van der Waals surface area (Å²) in [5.41, 5.74) is 3.92. The summed E-state index contributed by atoms with van der Waals surface area (Å²) in [5, 5.41) is 11.6. The Morgan fingerprint density at radius 1 is 0.931 bits per heavy atom. The van der Waals surface area contributed by atoms with Crippen molar-refractivity contribution in [3.63, 3.8) is 0 Å². The normalized spacial score (nSPS) is 10.9. The maximum absolute atomic E-state index is 11.6. The molecule has 0 aliphatic rings. The molecule has 0 fully saturated rings. The Morgan fingerprint density at radius 2 is 1.66 bits per heavy atom. The summed E-state index contributed by atoms with van der Waals surface area (Å²) in [4.78, 5) is 19.4. The second kappa shape index (κ2) is 9.80. The monoisotopic (exact) mass is 390 g/mol. The third-order valence-electron chi connectivity index (χ3n) is 4.77. The molecule has 3 rings (SSSR count). The van der Waals surface area contributed by atoms with E-state index < -0.39 is 0 Å². The Bertz CT molecular complexity index is 944. The minimum Gasteiger partial charge on any atom is -0.336 e. The van der Waals surface area contributed by atoms with Gasteiger partial charge in [0.15, 0.2) is 0 Å². The molecule has 0 aliphatic carbocycles. The molecule has 1 aromatic heterocycles. The number of pyridine rings is 1. The van der Waals surface area contributed by atoms with Gasteiger partial charge in [-0.05, 0) is 56.7 Å². The zero-order valence-corrected chi connectivity index (χ0v) is 16.9. The second-order valence-electron chi connectivity index (χ2n) is 7.22. The fourth-order valence-corrected chi connectivity index (χ4v) is 3.40. The molecule has 6 nitrogen and oxygen atoms in total. The Balaban J connectivity index is 2.02. The van der Waals surface area contributed by atoms with Gasteiger partial charge in [-0.1, -0.05) is 48.5 Å². The average molecular weight is 390 g/mol. The van der Waals surface area contributed by atoms with Gasteiger partial charge < -0.3 is 9.80 Å². The fourth-order valence-electron chi connectivity index (χ4n) is 3.40. The molecular weight excluding hydrogens is 364 g/mol. The van der Waals surface area contributed by atoms with E-state index in [1.54, 1.807) is 12.3 Å². The van der Waals surface area contributed by atoms with Crippen LogP contribution >= 0.6 is 0 Å². The van der Waals surface area contributed by atoms with E-state index in [1.165, 1.54) is 11.8 Å². The number of aromatic nitrogens is 1. The molecule has 0 radical (unpaired) electrons. The molecule has 0 aliphatic heterocycles. The van der Waals surface area contributed by atoms with Crippen molar-refractivity contribution in [3.05, 3.63) is 94.3 Å². The zero-order valence-electron chi connectivity index (χ0n) is 16.9. The highest BCUT2D eigenvalue weighted by Gasteiger charge is 2.22. The van der Waals surface area contributed by atoms with Crippen LogP contribution in [0.5, 0.6) is 0 Å². The van der Waals surface area contributed by atoms with Crippen LogP contribution in [0.3, 0.4) is 0 Å². The first-order valence-electron chi connectivity index (χ1n) is 9.69. The molecule has 0 atom stereocenters. The van der Waals surface area contributed by atoms with Crippen LogP contribution in [0.25, 0.3) is 0 Å². The number of anilines is 2. The van der Waals surface area contributed by atoms with Crippen molar-refractivity contribution in [2.45, 2.75) is 12.8 Å². The summed E-state index contributed by atoms with van der Waals surface area (Å²) in [6.07, 6.45) is 4.58. The summed E-state index contributed by atoms with van der Waals surface area (Å²) < 4.78 is 0. The minimum atomic E-state index is -0.360. The van der Waals surface area contributed by atoms with Crippen molar-refractivity contribution in [2.24, 2.45) is 0 Å². The molecule has 0 spiro atoms. The molecule has 0 bridgehead atoms. The van der Waals surface area contributed by atoms with Gasteiger partial charge in [0.05, 0.1) is 4.92 Å². The number of nitrogens with zero attached hydrogens (tertiary/aromatic N) is 4. The summed E-state index contributed by atoms with van der Waals surface area (Å²) in [7, 11) is 4.06. The standard InChI is InChI=1S/C23H26N4O2/c1-25(2)15-8-16-26(22-13-14-24-18-23(22)27(28)29)21-12-7-6-11-20(21)17-19-9-4-3-5-10-19/h3-7,9-14,18H,8,15-17H2,1-2H3. The number of nitro groups is 1. The maximum atomic E-state index is 11.6. The molecule has 0 amide bonds. The van der Waals surface area contributed by atoms with Crippen LogP contribution in [-0.4, -0.2) is 42.0 Å². The van der Waals surface area contributed by atoms with Crippen LogP contribution in [0.1, 0.15) is 17.5 Å². The minimum absolute atomic E-state index is 0.0202. The lowest BCUT2D eigenvalue weighted by molar-refractivity contribution is -0.384. The molecule has 2 aromatic carbocycles. The van der Waals surface area contributed by atoms with Gasteiger partial charge >= 0.3 is 5.69 Å². The summed E-state index contributed by atoms with van der Waals surface area (Å²) in [6, 6.07) is 20.1. The highest BCUT2D eigenvalue weighted by Crippen LogP contribution is 2.35. The summed E-state index contributed by atoms with van der Waals surface area (Å²) in [5.74, 6) is 0. The van der Waals surface area contributed by atoms with Crippen LogP contribution in [-0.2, 0) is 6.42 Å². The molecular formula is C23H26N4O2. The van der Waals surface area contributed by atoms with E-state index in [2.05, 4.69) is 33.0 Å². The van der Waals surface area contributed by atoms with Crippen molar-refractivity contribution in [3.8, 4) is 0 Å². The van der Waals surface area contributed by atoms with Crippen molar-refractivity contribution < 1.29 is 4.92 Å². The quantitative estimate of drug-likeness (QED) is 0.392.